The summed E-state index contributed by atoms with van der Waals surface area (Å²) >= 11 is 0. The van der Waals surface area contributed by atoms with Crippen molar-refractivity contribution in [2.75, 3.05) is 16.0 Å². The van der Waals surface area contributed by atoms with Crippen LogP contribution < -0.4 is 16.0 Å². The van der Waals surface area contributed by atoms with Crippen LogP contribution in [0.15, 0.2) is 67.4 Å². The first-order valence-corrected chi connectivity index (χ1v) is 11.0. The first kappa shape index (κ1) is 23.7. The number of ketones is 1. The number of Topliss-reactive ketones (excluding diaryl/α,β-unsaturated/α-hetero) is 1. The van der Waals surface area contributed by atoms with Crippen molar-refractivity contribution in [3.63, 3.8) is 0 Å². The van der Waals surface area contributed by atoms with Gasteiger partial charge in [0.15, 0.2) is 5.78 Å². The van der Waals surface area contributed by atoms with E-state index < -0.39 is 0 Å². The number of aryl methyl sites for hydroxylation is 1. The molecule has 0 saturated heterocycles. The van der Waals surface area contributed by atoms with Crippen LogP contribution in [0.2, 0.25) is 0 Å². The van der Waals surface area contributed by atoms with E-state index in [2.05, 4.69) is 51.6 Å². The van der Waals surface area contributed by atoms with Crippen molar-refractivity contribution < 1.29 is 9.59 Å². The average Bonchev–Trinajstić information content (AvgIpc) is 2.80. The van der Waals surface area contributed by atoms with Gasteiger partial charge in [-0.3, -0.25) is 9.59 Å². The Balaban J connectivity index is 1.77. The van der Waals surface area contributed by atoms with Crippen LogP contribution in [0.3, 0.4) is 0 Å². The SMILES string of the molecule is C=CC(=O)Nc1cccc(Nc2nc(Nc3ccc(CCCCC)cc3)ncc2C(C)=O)c1. The lowest BCUT2D eigenvalue weighted by molar-refractivity contribution is -0.111. The molecule has 0 radical (unpaired) electrons. The number of unbranched alkanes of at least 4 members (excludes halogenated alkanes) is 2. The minimum atomic E-state index is -0.304. The number of hydrogen-bond donors (Lipinski definition) is 3. The van der Waals surface area contributed by atoms with Gasteiger partial charge in [0.25, 0.3) is 0 Å². The van der Waals surface area contributed by atoms with Gasteiger partial charge in [0.05, 0.1) is 5.56 Å². The van der Waals surface area contributed by atoms with Gasteiger partial charge in [-0.2, -0.15) is 4.98 Å². The first-order chi connectivity index (χ1) is 16.0. The van der Waals surface area contributed by atoms with E-state index in [0.717, 1.165) is 12.1 Å². The monoisotopic (exact) mass is 443 g/mol. The van der Waals surface area contributed by atoms with E-state index in [0.29, 0.717) is 28.7 Å². The number of carbonyl (C=O) groups excluding carboxylic acids is 2. The summed E-state index contributed by atoms with van der Waals surface area (Å²) in [6, 6.07) is 15.3. The molecule has 2 aromatic carbocycles. The summed E-state index contributed by atoms with van der Waals surface area (Å²) in [6.45, 7) is 7.12. The van der Waals surface area contributed by atoms with Gasteiger partial charge in [-0.15, -0.1) is 0 Å². The molecule has 0 aliphatic rings. The molecule has 1 aromatic heterocycles. The highest BCUT2D eigenvalue weighted by Crippen LogP contribution is 2.24. The summed E-state index contributed by atoms with van der Waals surface area (Å²) < 4.78 is 0. The van der Waals surface area contributed by atoms with Crippen LogP contribution in [-0.2, 0) is 11.2 Å². The Morgan fingerprint density at radius 1 is 1.00 bits per heavy atom. The van der Waals surface area contributed by atoms with E-state index in [9.17, 15) is 9.59 Å². The predicted molar refractivity (Wildman–Crippen MR) is 134 cm³/mol. The molecule has 0 saturated carbocycles. The number of nitrogens with one attached hydrogen (secondary N) is 3. The van der Waals surface area contributed by atoms with Crippen molar-refractivity contribution in [2.24, 2.45) is 0 Å². The minimum absolute atomic E-state index is 0.156. The zero-order valence-corrected chi connectivity index (χ0v) is 19.0. The molecular formula is C26H29N5O2. The van der Waals surface area contributed by atoms with Gasteiger partial charge >= 0.3 is 0 Å². The number of carbonyl (C=O) groups is 2. The highest BCUT2D eigenvalue weighted by atomic mass is 16.1. The topological polar surface area (TPSA) is 96.0 Å². The summed E-state index contributed by atoms with van der Waals surface area (Å²) in [4.78, 5) is 32.5. The van der Waals surface area contributed by atoms with E-state index in [-0.39, 0.29) is 11.7 Å². The number of anilines is 5. The molecule has 0 spiro atoms. The van der Waals surface area contributed by atoms with Crippen LogP contribution in [0.1, 0.15) is 49.0 Å². The zero-order chi connectivity index (χ0) is 23.6. The van der Waals surface area contributed by atoms with Crippen LogP contribution in [0.25, 0.3) is 0 Å². The summed E-state index contributed by atoms with van der Waals surface area (Å²) in [6.07, 6.45) is 7.40. The molecular weight excluding hydrogens is 414 g/mol. The lowest BCUT2D eigenvalue weighted by atomic mass is 10.1. The molecule has 0 aliphatic heterocycles. The third kappa shape index (κ3) is 7.00. The van der Waals surface area contributed by atoms with Gasteiger partial charge in [0.1, 0.15) is 5.82 Å². The summed E-state index contributed by atoms with van der Waals surface area (Å²) in [5, 5.41) is 9.07. The van der Waals surface area contributed by atoms with Crippen LogP contribution in [0.4, 0.5) is 28.8 Å². The second-order valence-electron chi connectivity index (χ2n) is 7.69. The van der Waals surface area contributed by atoms with Gasteiger partial charge in [-0.05, 0) is 61.7 Å². The van der Waals surface area contributed by atoms with Crippen LogP contribution in [0, 0.1) is 0 Å². The standard InChI is InChI=1S/C26H29N5O2/c1-4-6-7-9-19-12-14-20(15-13-19)30-26-27-17-23(18(3)32)25(31-26)29-22-11-8-10-21(16-22)28-24(33)5-2/h5,8,10-17H,2,4,6-7,9H2,1,3H3,(H,28,33)(H2,27,29,30,31). The average molecular weight is 444 g/mol. The number of benzene rings is 2. The van der Waals surface area contributed by atoms with E-state index in [1.165, 1.54) is 44.0 Å². The van der Waals surface area contributed by atoms with Crippen LogP contribution >= 0.6 is 0 Å². The fraction of sp³-hybridized carbons (Fsp3) is 0.231. The van der Waals surface area contributed by atoms with E-state index in [4.69, 9.17) is 0 Å². The van der Waals surface area contributed by atoms with Gasteiger partial charge in [-0.25, -0.2) is 4.98 Å². The summed E-state index contributed by atoms with van der Waals surface area (Å²) in [5.74, 6) is 0.291. The van der Waals surface area contributed by atoms with Gasteiger partial charge in [0.2, 0.25) is 11.9 Å². The largest absolute Gasteiger partial charge is 0.339 e. The zero-order valence-electron chi connectivity index (χ0n) is 19.0. The molecule has 0 bridgehead atoms. The molecule has 7 heteroatoms. The first-order valence-electron chi connectivity index (χ1n) is 11.0. The minimum Gasteiger partial charge on any atom is -0.339 e. The molecule has 1 heterocycles. The molecule has 7 nitrogen and oxygen atoms in total. The molecule has 0 fully saturated rings. The van der Waals surface area contributed by atoms with Crippen molar-refractivity contribution in [2.45, 2.75) is 39.5 Å². The Kier molecular flexibility index (Phi) is 8.30. The molecule has 3 N–H and O–H groups in total. The van der Waals surface area contributed by atoms with Crippen LogP contribution in [0.5, 0.6) is 0 Å². The maximum atomic E-state index is 12.1. The van der Waals surface area contributed by atoms with E-state index >= 15 is 0 Å². The molecule has 170 valence electrons. The third-order valence-corrected chi connectivity index (χ3v) is 5.03. The quantitative estimate of drug-likeness (QED) is 0.190. The number of amides is 1. The van der Waals surface area contributed by atoms with Crippen LogP contribution in [-0.4, -0.2) is 21.7 Å². The lowest BCUT2D eigenvalue weighted by Gasteiger charge is -2.13. The van der Waals surface area contributed by atoms with Gasteiger partial charge in [0, 0.05) is 23.3 Å². The normalized spacial score (nSPS) is 10.4. The highest BCUT2D eigenvalue weighted by molar-refractivity contribution is 6.00. The number of aromatic nitrogens is 2. The molecule has 3 rings (SSSR count). The molecule has 0 aliphatic carbocycles. The molecule has 0 unspecified atom stereocenters. The van der Waals surface area contributed by atoms with Crippen molar-refractivity contribution in [1.29, 1.82) is 0 Å². The predicted octanol–water partition coefficient (Wildman–Crippen LogP) is 6.02. The maximum absolute atomic E-state index is 12.1. The highest BCUT2D eigenvalue weighted by Gasteiger charge is 2.12. The Morgan fingerprint density at radius 2 is 1.76 bits per heavy atom. The number of hydrogen-bond acceptors (Lipinski definition) is 6. The molecule has 1 amide bonds. The smallest absolute Gasteiger partial charge is 0.247 e. The van der Waals surface area contributed by atoms with E-state index in [1.54, 1.807) is 18.2 Å². The van der Waals surface area contributed by atoms with Crippen molar-refractivity contribution in [3.05, 3.63) is 78.5 Å². The molecule has 3 aromatic rings. The van der Waals surface area contributed by atoms with Gasteiger partial charge in [-0.1, -0.05) is 44.5 Å². The lowest BCUT2D eigenvalue weighted by Crippen LogP contribution is -2.09. The second-order valence-corrected chi connectivity index (χ2v) is 7.69. The van der Waals surface area contributed by atoms with Crippen molar-refractivity contribution >= 4 is 40.5 Å². The Bertz CT molecular complexity index is 1130. The fourth-order valence-electron chi connectivity index (χ4n) is 3.26. The van der Waals surface area contributed by atoms with Crippen molar-refractivity contribution in [1.82, 2.24) is 9.97 Å². The Labute approximate surface area is 194 Å². The van der Waals surface area contributed by atoms with Crippen molar-refractivity contribution in [3.8, 4) is 0 Å². The summed E-state index contributed by atoms with van der Waals surface area (Å²) in [5.41, 5.74) is 3.80. The second kappa shape index (κ2) is 11.6. The third-order valence-electron chi connectivity index (χ3n) is 5.03. The maximum Gasteiger partial charge on any atom is 0.247 e. The molecule has 33 heavy (non-hydrogen) atoms. The number of nitrogens with zero attached hydrogens (tertiary/aromatic N) is 2. The van der Waals surface area contributed by atoms with Gasteiger partial charge < -0.3 is 16.0 Å². The summed E-state index contributed by atoms with van der Waals surface area (Å²) in [7, 11) is 0. The number of rotatable bonds is 11. The molecule has 0 atom stereocenters. The Hall–Kier alpha value is -4.00. The Morgan fingerprint density at radius 3 is 2.45 bits per heavy atom. The fourth-order valence-corrected chi connectivity index (χ4v) is 3.26. The van der Waals surface area contributed by atoms with E-state index in [1.807, 2.05) is 18.2 Å².